The number of fused-ring (bicyclic) bond motifs is 4. The van der Waals surface area contributed by atoms with Crippen molar-refractivity contribution in [2.75, 3.05) is 6.61 Å². The van der Waals surface area contributed by atoms with E-state index < -0.39 is 65.6 Å². The Morgan fingerprint density at radius 2 is 1.76 bits per heavy atom. The number of hydrogen-bond acceptors (Lipinski definition) is 6. The van der Waals surface area contributed by atoms with E-state index in [0.717, 1.165) is 16.7 Å². The van der Waals surface area contributed by atoms with E-state index in [2.05, 4.69) is 11.9 Å². The van der Waals surface area contributed by atoms with Crippen LogP contribution in [-0.4, -0.2) is 53.3 Å². The molecule has 3 unspecified atom stereocenters. The zero-order valence-electron chi connectivity index (χ0n) is 28.2. The molecule has 0 aromatic heterocycles. The number of ketones is 1. The van der Waals surface area contributed by atoms with Gasteiger partial charge in [-0.1, -0.05) is 63.3 Å². The number of amides is 1. The van der Waals surface area contributed by atoms with Gasteiger partial charge < -0.3 is 19.9 Å². The molecule has 0 bridgehead atoms. The van der Waals surface area contributed by atoms with Crippen molar-refractivity contribution in [1.29, 1.82) is 0 Å². The van der Waals surface area contributed by atoms with Crippen LogP contribution in [0.15, 0.2) is 59.7 Å². The Kier molecular flexibility index (Phi) is 9.97. The highest BCUT2D eigenvalue weighted by molar-refractivity contribution is 5.93. The van der Waals surface area contributed by atoms with Crippen LogP contribution in [0.2, 0.25) is 0 Å². The Hall–Kier alpha value is -3.54. The van der Waals surface area contributed by atoms with Crippen LogP contribution >= 0.6 is 0 Å². The lowest BCUT2D eigenvalue weighted by molar-refractivity contribution is -0.362. The quantitative estimate of drug-likeness (QED) is 0.154. The van der Waals surface area contributed by atoms with Crippen molar-refractivity contribution in [3.05, 3.63) is 70.8 Å². The molecule has 1 aromatic carbocycles. The molecule has 0 radical (unpaired) electrons. The molecule has 268 valence electrons. The summed E-state index contributed by atoms with van der Waals surface area (Å²) in [6, 6.07) is 5.95. The molecular formula is C37H44F5NO6. The maximum atomic E-state index is 15.3. The van der Waals surface area contributed by atoms with Crippen molar-refractivity contribution in [1.82, 2.24) is 5.32 Å². The minimum atomic E-state index is -5.93. The van der Waals surface area contributed by atoms with Gasteiger partial charge in [0.15, 0.2) is 5.78 Å². The number of halogens is 5. The number of alkyl halides is 5. The monoisotopic (exact) mass is 693 g/mol. The highest BCUT2D eigenvalue weighted by atomic mass is 19.4. The molecule has 2 saturated carbocycles. The molecule has 1 aromatic rings. The van der Waals surface area contributed by atoms with E-state index in [4.69, 9.17) is 9.47 Å². The summed E-state index contributed by atoms with van der Waals surface area (Å²) in [4.78, 5) is 37.4. The molecule has 49 heavy (non-hydrogen) atoms. The second-order valence-electron chi connectivity index (χ2n) is 14.5. The van der Waals surface area contributed by atoms with Gasteiger partial charge >= 0.3 is 24.2 Å². The maximum absolute atomic E-state index is 15.3. The number of alkyl carbamates (subject to hydrolysis) is 1. The van der Waals surface area contributed by atoms with E-state index in [9.17, 15) is 32.7 Å². The van der Waals surface area contributed by atoms with Gasteiger partial charge in [-0.2, -0.15) is 22.0 Å². The number of rotatable bonds is 9. The van der Waals surface area contributed by atoms with E-state index in [-0.39, 0.29) is 37.1 Å². The lowest BCUT2D eigenvalue weighted by Gasteiger charge is -2.56. The summed E-state index contributed by atoms with van der Waals surface area (Å²) in [7, 11) is 0. The third kappa shape index (κ3) is 6.34. The average Bonchev–Trinajstić information content (AvgIpc) is 3.32. The molecule has 0 spiro atoms. The lowest BCUT2D eigenvalue weighted by atomic mass is 9.50. The van der Waals surface area contributed by atoms with Gasteiger partial charge in [0.1, 0.15) is 24.4 Å². The fourth-order valence-corrected chi connectivity index (χ4v) is 8.83. The summed E-state index contributed by atoms with van der Waals surface area (Å²) >= 11 is 0. The molecule has 0 heterocycles. The zero-order chi connectivity index (χ0) is 36.1. The molecule has 4 aliphatic carbocycles. The highest BCUT2D eigenvalue weighted by Crippen LogP contribution is 2.70. The first-order chi connectivity index (χ1) is 22.9. The van der Waals surface area contributed by atoms with Crippen molar-refractivity contribution in [3.63, 3.8) is 0 Å². The average molecular weight is 694 g/mol. The Labute approximate surface area is 283 Å². The van der Waals surface area contributed by atoms with Gasteiger partial charge in [0.2, 0.25) is 0 Å². The molecule has 2 N–H and O–H groups in total. The van der Waals surface area contributed by atoms with Crippen LogP contribution in [0.3, 0.4) is 0 Å². The van der Waals surface area contributed by atoms with Crippen LogP contribution in [0.5, 0.6) is 0 Å². The van der Waals surface area contributed by atoms with Crippen LogP contribution in [0, 0.1) is 23.2 Å². The smallest absolute Gasteiger partial charge is 0.456 e. The summed E-state index contributed by atoms with van der Waals surface area (Å²) in [5, 5.41) is 14.0. The second-order valence-corrected chi connectivity index (χ2v) is 14.5. The Bertz CT molecular complexity index is 1550. The number of aliphatic hydroxyl groups is 1. The molecule has 0 saturated heterocycles. The van der Waals surface area contributed by atoms with Gasteiger partial charge in [0, 0.05) is 17.8 Å². The standard InChI is InChI=1S/C37H44F5NO6/c1-6-17-48-33(46)43-31(20(2)3)32(45)49-21(4)22-7-9-23(10-8-22)28-19-34(5)29(15-16-35(34,47)36(38,39)37(40,41)42)27-13-11-24-18-25(44)12-14-26(24)30(27)28/h6-10,18,20-21,27-29,31,47H,1,11-17,19H2,2-5H3,(H,43,46)/t21?,27?,28-,29?,31+,34+,35+/m1/s1. The van der Waals surface area contributed by atoms with Crippen LogP contribution in [0.25, 0.3) is 0 Å². The molecule has 1 amide bonds. The van der Waals surface area contributed by atoms with Gasteiger partial charge in [-0.05, 0) is 91.6 Å². The van der Waals surface area contributed by atoms with Gasteiger partial charge in [-0.15, -0.1) is 0 Å². The number of nitrogens with one attached hydrogen (secondary N) is 1. The van der Waals surface area contributed by atoms with Gasteiger partial charge in [0.05, 0.1) is 0 Å². The van der Waals surface area contributed by atoms with E-state index in [0.29, 0.717) is 36.8 Å². The fraction of sp³-hybridized carbons (Fsp3) is 0.595. The molecule has 7 nitrogen and oxygen atoms in total. The summed E-state index contributed by atoms with van der Waals surface area (Å²) in [6.45, 7) is 9.96. The minimum Gasteiger partial charge on any atom is -0.456 e. The Balaban J connectivity index is 1.47. The van der Waals surface area contributed by atoms with Crippen molar-refractivity contribution in [2.24, 2.45) is 23.2 Å². The predicted octanol–water partition coefficient (Wildman–Crippen LogP) is 8.06. The molecule has 12 heteroatoms. The summed E-state index contributed by atoms with van der Waals surface area (Å²) < 4.78 is 82.7. The number of esters is 1. The van der Waals surface area contributed by atoms with Gasteiger partial charge in [-0.3, -0.25) is 4.79 Å². The molecular weight excluding hydrogens is 649 g/mol. The van der Waals surface area contributed by atoms with Gasteiger partial charge in [0.25, 0.3) is 0 Å². The largest absolute Gasteiger partial charge is 0.456 e. The van der Waals surface area contributed by atoms with E-state index in [1.54, 1.807) is 51.1 Å². The van der Waals surface area contributed by atoms with Crippen LogP contribution in [-0.2, 0) is 19.1 Å². The van der Waals surface area contributed by atoms with Crippen molar-refractivity contribution < 1.29 is 50.9 Å². The number of ether oxygens (including phenoxy) is 2. The van der Waals surface area contributed by atoms with Crippen LogP contribution in [0.1, 0.15) is 95.8 Å². The highest BCUT2D eigenvalue weighted by Gasteiger charge is 2.79. The SMILES string of the molecule is C=CCOC(=O)N[C@H](C(=O)OC(C)c1ccc([C@H]2C[C@@]3(C)C(CC[C@@]3(O)C(F)(F)C(F)(F)F)C3CCC4=CC(=O)CCC4=C32)cc1)C(C)C. The Morgan fingerprint density at radius 3 is 2.37 bits per heavy atom. The van der Waals surface area contributed by atoms with Crippen LogP contribution in [0.4, 0.5) is 26.7 Å². The molecule has 7 atom stereocenters. The number of allylic oxidation sites excluding steroid dienone is 4. The first-order valence-corrected chi connectivity index (χ1v) is 16.8. The van der Waals surface area contributed by atoms with Crippen molar-refractivity contribution >= 4 is 17.8 Å². The van der Waals surface area contributed by atoms with E-state index in [1.807, 2.05) is 0 Å². The Morgan fingerprint density at radius 1 is 1.08 bits per heavy atom. The number of carbonyl (C=O) groups is 3. The first kappa shape index (κ1) is 36.7. The molecule has 2 fully saturated rings. The summed E-state index contributed by atoms with van der Waals surface area (Å²) in [6.07, 6.45) is -3.46. The molecule has 5 rings (SSSR count). The second kappa shape index (κ2) is 13.3. The normalized spacial score (nSPS) is 29.7. The van der Waals surface area contributed by atoms with Crippen molar-refractivity contribution in [2.45, 2.75) is 108 Å². The predicted molar refractivity (Wildman–Crippen MR) is 170 cm³/mol. The van der Waals surface area contributed by atoms with E-state index >= 15 is 8.78 Å². The topological polar surface area (TPSA) is 102 Å². The summed E-state index contributed by atoms with van der Waals surface area (Å²) in [5.74, 6) is -7.83. The number of hydrogen-bond donors (Lipinski definition) is 2. The molecule has 4 aliphatic rings. The third-order valence-corrected chi connectivity index (χ3v) is 11.4. The zero-order valence-corrected chi connectivity index (χ0v) is 28.2. The van der Waals surface area contributed by atoms with Gasteiger partial charge in [-0.25, -0.2) is 9.59 Å². The molecule has 0 aliphatic heterocycles. The minimum absolute atomic E-state index is 0.00603. The summed E-state index contributed by atoms with van der Waals surface area (Å²) in [5.41, 5.74) is -0.953. The lowest BCUT2D eigenvalue weighted by Crippen LogP contribution is -2.65. The van der Waals surface area contributed by atoms with Crippen molar-refractivity contribution in [3.8, 4) is 0 Å². The number of benzene rings is 1. The third-order valence-electron chi connectivity index (χ3n) is 11.4. The van der Waals surface area contributed by atoms with Crippen LogP contribution < -0.4 is 5.32 Å². The first-order valence-electron chi connectivity index (χ1n) is 16.8. The number of carbonyl (C=O) groups excluding carboxylic acids is 3. The fourth-order valence-electron chi connectivity index (χ4n) is 8.83. The maximum Gasteiger partial charge on any atom is 0.456 e. The van der Waals surface area contributed by atoms with E-state index in [1.165, 1.54) is 13.0 Å².